The first-order chi connectivity index (χ1) is 7.70. The Morgan fingerprint density at radius 1 is 1.12 bits per heavy atom. The van der Waals surface area contributed by atoms with Crippen molar-refractivity contribution < 1.29 is 19.1 Å². The van der Waals surface area contributed by atoms with Gasteiger partial charge in [-0.15, -0.1) is 0 Å². The Labute approximate surface area is 96.6 Å². The molecule has 4 nitrogen and oxygen atoms in total. The van der Waals surface area contributed by atoms with Crippen molar-refractivity contribution in [3.8, 4) is 0 Å². The van der Waals surface area contributed by atoms with Crippen LogP contribution in [0.4, 0.5) is 0 Å². The van der Waals surface area contributed by atoms with Crippen molar-refractivity contribution in [2.24, 2.45) is 0 Å². The maximum Gasteiger partial charge on any atom is 0.310 e. The summed E-state index contributed by atoms with van der Waals surface area (Å²) in [5.74, 6) is -0.500. The highest BCUT2D eigenvalue weighted by Crippen LogP contribution is 2.03. The Morgan fingerprint density at radius 3 is 2.31 bits per heavy atom. The van der Waals surface area contributed by atoms with Gasteiger partial charge in [-0.2, -0.15) is 0 Å². The standard InChI is InChI=1S/C12H20O4/c1-3-5-10-16-12(14)9-7-6-8-11(13)15-4-2/h4H,2-3,5-10H2,1H3. The van der Waals surface area contributed by atoms with Crippen LogP contribution in [-0.4, -0.2) is 18.5 Å². The maximum atomic E-state index is 11.1. The van der Waals surface area contributed by atoms with Gasteiger partial charge in [0.05, 0.1) is 12.9 Å². The van der Waals surface area contributed by atoms with E-state index in [4.69, 9.17) is 4.74 Å². The first-order valence-corrected chi connectivity index (χ1v) is 5.66. The van der Waals surface area contributed by atoms with Crippen LogP contribution in [0.5, 0.6) is 0 Å². The van der Waals surface area contributed by atoms with Gasteiger partial charge >= 0.3 is 11.9 Å². The fourth-order valence-corrected chi connectivity index (χ4v) is 1.09. The number of hydrogen-bond acceptors (Lipinski definition) is 4. The van der Waals surface area contributed by atoms with E-state index < -0.39 is 0 Å². The number of carbonyl (C=O) groups is 2. The summed E-state index contributed by atoms with van der Waals surface area (Å²) in [5.41, 5.74) is 0. The van der Waals surface area contributed by atoms with Crippen molar-refractivity contribution in [3.05, 3.63) is 12.8 Å². The number of rotatable bonds is 9. The fourth-order valence-electron chi connectivity index (χ4n) is 1.09. The minimum Gasteiger partial charge on any atom is -0.466 e. The summed E-state index contributed by atoms with van der Waals surface area (Å²) in [6.07, 6.45) is 4.99. The van der Waals surface area contributed by atoms with E-state index >= 15 is 0 Å². The predicted molar refractivity (Wildman–Crippen MR) is 60.6 cm³/mol. The van der Waals surface area contributed by atoms with Crippen LogP contribution in [0.15, 0.2) is 12.8 Å². The summed E-state index contributed by atoms with van der Waals surface area (Å²) in [4.78, 5) is 22.0. The first kappa shape index (κ1) is 14.7. The number of hydrogen-bond donors (Lipinski definition) is 0. The van der Waals surface area contributed by atoms with Crippen LogP contribution < -0.4 is 0 Å². The lowest BCUT2D eigenvalue weighted by atomic mass is 10.2. The van der Waals surface area contributed by atoms with Crippen molar-refractivity contribution >= 4 is 11.9 Å². The highest BCUT2D eigenvalue weighted by molar-refractivity contribution is 5.70. The minimum atomic E-state index is -0.311. The Bertz CT molecular complexity index is 223. The van der Waals surface area contributed by atoms with Crippen LogP contribution in [0.2, 0.25) is 0 Å². The topological polar surface area (TPSA) is 52.6 Å². The van der Waals surface area contributed by atoms with E-state index in [1.54, 1.807) is 0 Å². The zero-order valence-corrected chi connectivity index (χ0v) is 9.87. The zero-order chi connectivity index (χ0) is 12.2. The summed E-state index contributed by atoms with van der Waals surface area (Å²) >= 11 is 0. The van der Waals surface area contributed by atoms with Crippen molar-refractivity contribution in [2.45, 2.75) is 45.4 Å². The van der Waals surface area contributed by atoms with Crippen LogP contribution in [0.25, 0.3) is 0 Å². The van der Waals surface area contributed by atoms with Crippen LogP contribution >= 0.6 is 0 Å². The van der Waals surface area contributed by atoms with Crippen LogP contribution in [0.3, 0.4) is 0 Å². The monoisotopic (exact) mass is 228 g/mol. The molecule has 0 atom stereocenters. The Hall–Kier alpha value is -1.32. The lowest BCUT2D eigenvalue weighted by Crippen LogP contribution is -2.06. The lowest BCUT2D eigenvalue weighted by Gasteiger charge is -2.03. The van der Waals surface area contributed by atoms with E-state index in [2.05, 4.69) is 11.3 Å². The van der Waals surface area contributed by atoms with Gasteiger partial charge < -0.3 is 9.47 Å². The SMILES string of the molecule is C=COC(=O)CCCCC(=O)OCCCC. The van der Waals surface area contributed by atoms with Crippen LogP contribution in [0, 0.1) is 0 Å². The molecular weight excluding hydrogens is 208 g/mol. The molecule has 0 N–H and O–H groups in total. The third kappa shape index (κ3) is 9.24. The summed E-state index contributed by atoms with van der Waals surface area (Å²) in [7, 11) is 0. The largest absolute Gasteiger partial charge is 0.466 e. The molecule has 0 unspecified atom stereocenters. The van der Waals surface area contributed by atoms with E-state index in [0.29, 0.717) is 32.3 Å². The Balaban J connectivity index is 3.33. The number of ether oxygens (including phenoxy) is 2. The van der Waals surface area contributed by atoms with Crippen molar-refractivity contribution in [1.29, 1.82) is 0 Å². The zero-order valence-electron chi connectivity index (χ0n) is 9.87. The molecule has 0 saturated heterocycles. The number of unbranched alkanes of at least 4 members (excludes halogenated alkanes) is 2. The molecule has 0 heterocycles. The van der Waals surface area contributed by atoms with Crippen molar-refractivity contribution in [3.63, 3.8) is 0 Å². The highest BCUT2D eigenvalue weighted by Gasteiger charge is 2.04. The second-order valence-corrected chi connectivity index (χ2v) is 3.44. The van der Waals surface area contributed by atoms with Gasteiger partial charge in [-0.3, -0.25) is 9.59 Å². The van der Waals surface area contributed by atoms with E-state index in [1.807, 2.05) is 6.92 Å². The molecule has 0 aliphatic rings. The van der Waals surface area contributed by atoms with Crippen LogP contribution in [-0.2, 0) is 19.1 Å². The first-order valence-electron chi connectivity index (χ1n) is 5.66. The molecule has 0 aliphatic heterocycles. The van der Waals surface area contributed by atoms with Crippen molar-refractivity contribution in [2.75, 3.05) is 6.61 Å². The maximum absolute atomic E-state index is 11.1. The molecule has 0 bridgehead atoms. The smallest absolute Gasteiger partial charge is 0.310 e. The summed E-state index contributed by atoms with van der Waals surface area (Å²) in [5, 5.41) is 0. The van der Waals surface area contributed by atoms with Gasteiger partial charge in [-0.25, -0.2) is 0 Å². The molecule has 0 rings (SSSR count). The molecule has 0 amide bonds. The lowest BCUT2D eigenvalue weighted by molar-refractivity contribution is -0.144. The molecule has 0 fully saturated rings. The molecule has 0 aromatic carbocycles. The van der Waals surface area contributed by atoms with Gasteiger partial charge in [0.25, 0.3) is 0 Å². The average molecular weight is 228 g/mol. The minimum absolute atomic E-state index is 0.189. The molecule has 0 radical (unpaired) electrons. The van der Waals surface area contributed by atoms with Gasteiger partial charge in [0.1, 0.15) is 0 Å². The van der Waals surface area contributed by atoms with E-state index in [-0.39, 0.29) is 11.9 Å². The molecule has 0 aromatic heterocycles. The van der Waals surface area contributed by atoms with E-state index in [0.717, 1.165) is 19.1 Å². The second kappa shape index (κ2) is 10.2. The van der Waals surface area contributed by atoms with Gasteiger partial charge in [-0.05, 0) is 19.3 Å². The van der Waals surface area contributed by atoms with Gasteiger partial charge in [0.2, 0.25) is 0 Å². The summed E-state index contributed by atoms with van der Waals surface area (Å²) in [6.45, 7) is 5.82. The molecular formula is C12H20O4. The third-order valence-corrected chi connectivity index (χ3v) is 1.99. The molecule has 0 saturated carbocycles. The third-order valence-electron chi connectivity index (χ3n) is 1.99. The number of esters is 2. The Kier molecular flexibility index (Phi) is 9.36. The molecule has 92 valence electrons. The van der Waals surface area contributed by atoms with Gasteiger partial charge in [-0.1, -0.05) is 19.9 Å². The van der Waals surface area contributed by atoms with Crippen LogP contribution in [0.1, 0.15) is 45.4 Å². The fraction of sp³-hybridized carbons (Fsp3) is 0.667. The van der Waals surface area contributed by atoms with Gasteiger partial charge in [0.15, 0.2) is 0 Å². The molecule has 0 spiro atoms. The van der Waals surface area contributed by atoms with E-state index in [1.165, 1.54) is 0 Å². The molecule has 4 heteroatoms. The quantitative estimate of drug-likeness (QED) is 0.346. The molecule has 0 aromatic rings. The average Bonchev–Trinajstić information content (AvgIpc) is 2.25. The summed E-state index contributed by atoms with van der Waals surface area (Å²) < 4.78 is 9.50. The van der Waals surface area contributed by atoms with E-state index in [9.17, 15) is 9.59 Å². The Morgan fingerprint density at radius 2 is 1.75 bits per heavy atom. The summed E-state index contributed by atoms with van der Waals surface area (Å²) in [6, 6.07) is 0. The highest BCUT2D eigenvalue weighted by atomic mass is 16.5. The normalized spacial score (nSPS) is 9.56. The molecule has 0 aliphatic carbocycles. The van der Waals surface area contributed by atoms with Crippen molar-refractivity contribution in [1.82, 2.24) is 0 Å². The second-order valence-electron chi connectivity index (χ2n) is 3.44. The predicted octanol–water partition coefficient (Wildman–Crippen LogP) is 2.58. The van der Waals surface area contributed by atoms with Gasteiger partial charge in [0, 0.05) is 12.8 Å². The number of carbonyl (C=O) groups excluding carboxylic acids is 2. The molecule has 16 heavy (non-hydrogen) atoms.